The fourth-order valence-corrected chi connectivity index (χ4v) is 4.92. The molecule has 2 aliphatic heterocycles. The molecule has 2 fully saturated rings. The van der Waals surface area contributed by atoms with E-state index in [1.165, 1.54) is 18.2 Å². The molecule has 3 aromatic carbocycles. The first-order valence-electron chi connectivity index (χ1n) is 14.6. The molecule has 2 heterocycles. The summed E-state index contributed by atoms with van der Waals surface area (Å²) in [6.45, 7) is 2.96. The third-order valence-corrected chi connectivity index (χ3v) is 7.26. The van der Waals surface area contributed by atoms with Gasteiger partial charge in [-0.2, -0.15) is 0 Å². The lowest BCUT2D eigenvalue weighted by Gasteiger charge is -2.39. The van der Waals surface area contributed by atoms with E-state index >= 15 is 0 Å². The first-order chi connectivity index (χ1) is 22.4. The van der Waals surface area contributed by atoms with Crippen molar-refractivity contribution >= 4 is 17.9 Å². The molecule has 12 heteroatoms. The van der Waals surface area contributed by atoms with E-state index in [-0.39, 0.29) is 29.9 Å². The van der Waals surface area contributed by atoms with E-state index in [1.54, 1.807) is 78.9 Å². The fourth-order valence-electron chi connectivity index (χ4n) is 4.92. The van der Waals surface area contributed by atoms with Crippen molar-refractivity contribution in [2.75, 3.05) is 19.8 Å². The average molecular weight is 635 g/mol. The molecule has 0 aromatic heterocycles. The van der Waals surface area contributed by atoms with Gasteiger partial charge in [0.2, 0.25) is 0 Å². The van der Waals surface area contributed by atoms with Crippen molar-refractivity contribution in [3.63, 3.8) is 0 Å². The van der Waals surface area contributed by atoms with Crippen LogP contribution in [0.15, 0.2) is 104 Å². The molecule has 242 valence electrons. The van der Waals surface area contributed by atoms with Gasteiger partial charge in [0, 0.05) is 0 Å². The summed E-state index contributed by atoms with van der Waals surface area (Å²) < 4.78 is 40.6. The van der Waals surface area contributed by atoms with Gasteiger partial charge in [0.1, 0.15) is 31.0 Å². The third kappa shape index (κ3) is 8.04. The predicted molar refractivity (Wildman–Crippen MR) is 159 cm³/mol. The SMILES string of the molecule is C=CCO[C@H]1OC[C@@H](O)[C@H](O)[C@H]1O[C@@H]1O[C@@H](COC(=O)c2ccccc2)[C@H](OC(=O)c2ccccc2)[C@H]1OC(=O)c1ccccc1. The number of hydrogen-bond donors (Lipinski definition) is 2. The van der Waals surface area contributed by atoms with Gasteiger partial charge in [-0.05, 0) is 36.4 Å². The van der Waals surface area contributed by atoms with Crippen LogP contribution < -0.4 is 0 Å². The Labute approximate surface area is 265 Å². The van der Waals surface area contributed by atoms with Crippen molar-refractivity contribution in [1.82, 2.24) is 0 Å². The van der Waals surface area contributed by atoms with E-state index in [0.717, 1.165) is 0 Å². The fraction of sp³-hybridized carbons (Fsp3) is 0.324. The second kappa shape index (κ2) is 15.7. The van der Waals surface area contributed by atoms with E-state index in [0.29, 0.717) is 0 Å². The second-order valence-electron chi connectivity index (χ2n) is 10.5. The molecule has 12 nitrogen and oxygen atoms in total. The highest BCUT2D eigenvalue weighted by Gasteiger charge is 2.54. The Balaban J connectivity index is 1.46. The minimum Gasteiger partial charge on any atom is -0.459 e. The Bertz CT molecular complexity index is 1450. The standard InChI is InChI=1S/C34H34O12/c1-2-18-40-33-28(26(36)24(35)19-42-33)46-34-29(45-32(39)23-16-10-5-11-17-23)27(44-31(38)22-14-8-4-9-15-22)25(43-34)20-41-30(37)21-12-6-3-7-13-21/h2-17,24-29,33-36H,1,18-20H2/t24-,25+,26+,27+,28-,29-,33+,34+/m1/s1. The van der Waals surface area contributed by atoms with E-state index in [1.807, 2.05) is 0 Å². The van der Waals surface area contributed by atoms with E-state index in [4.69, 9.17) is 33.2 Å². The molecule has 0 unspecified atom stereocenters. The third-order valence-electron chi connectivity index (χ3n) is 7.26. The maximum atomic E-state index is 13.3. The number of carbonyl (C=O) groups excluding carboxylic acids is 3. The van der Waals surface area contributed by atoms with Gasteiger partial charge in [-0.15, -0.1) is 6.58 Å². The Morgan fingerprint density at radius 1 is 0.739 bits per heavy atom. The van der Waals surface area contributed by atoms with Crippen LogP contribution in [0.25, 0.3) is 0 Å². The molecule has 3 aromatic rings. The summed E-state index contributed by atoms with van der Waals surface area (Å²) >= 11 is 0. The summed E-state index contributed by atoms with van der Waals surface area (Å²) in [6.07, 6.45) is -9.39. The Kier molecular flexibility index (Phi) is 11.3. The number of rotatable bonds is 12. The van der Waals surface area contributed by atoms with Crippen LogP contribution in [0.1, 0.15) is 31.1 Å². The van der Waals surface area contributed by atoms with Crippen molar-refractivity contribution in [1.29, 1.82) is 0 Å². The van der Waals surface area contributed by atoms with Crippen LogP contribution in [-0.4, -0.2) is 97.1 Å². The van der Waals surface area contributed by atoms with E-state index in [9.17, 15) is 24.6 Å². The molecule has 2 saturated heterocycles. The average Bonchev–Trinajstić information content (AvgIpc) is 3.40. The smallest absolute Gasteiger partial charge is 0.338 e. The van der Waals surface area contributed by atoms with Crippen LogP contribution in [-0.2, 0) is 33.2 Å². The molecule has 8 atom stereocenters. The van der Waals surface area contributed by atoms with Gasteiger partial charge in [0.25, 0.3) is 0 Å². The Morgan fingerprint density at radius 2 is 1.26 bits per heavy atom. The Hall–Kier alpha value is -4.43. The van der Waals surface area contributed by atoms with Crippen LogP contribution in [0, 0.1) is 0 Å². The number of aliphatic hydroxyl groups is 2. The molecule has 0 aliphatic carbocycles. The second-order valence-corrected chi connectivity index (χ2v) is 10.5. The Morgan fingerprint density at radius 3 is 1.80 bits per heavy atom. The van der Waals surface area contributed by atoms with Crippen LogP contribution in [0.2, 0.25) is 0 Å². The van der Waals surface area contributed by atoms with Gasteiger partial charge in [0.15, 0.2) is 24.8 Å². The highest BCUT2D eigenvalue weighted by atomic mass is 16.8. The zero-order chi connectivity index (χ0) is 32.5. The normalized spacial score (nSPS) is 27.3. The highest BCUT2D eigenvalue weighted by molar-refractivity contribution is 5.91. The highest BCUT2D eigenvalue weighted by Crippen LogP contribution is 2.33. The number of benzene rings is 3. The van der Waals surface area contributed by atoms with Gasteiger partial charge in [-0.3, -0.25) is 0 Å². The lowest BCUT2D eigenvalue weighted by Crippen LogP contribution is -2.57. The zero-order valence-corrected chi connectivity index (χ0v) is 24.7. The summed E-state index contributed by atoms with van der Waals surface area (Å²) in [5.41, 5.74) is 0.672. The van der Waals surface area contributed by atoms with Crippen molar-refractivity contribution in [2.24, 2.45) is 0 Å². The number of hydrogen-bond acceptors (Lipinski definition) is 12. The number of esters is 3. The maximum Gasteiger partial charge on any atom is 0.338 e. The largest absolute Gasteiger partial charge is 0.459 e. The minimum atomic E-state index is -1.51. The first-order valence-corrected chi connectivity index (χ1v) is 14.6. The summed E-state index contributed by atoms with van der Waals surface area (Å²) in [7, 11) is 0. The molecular weight excluding hydrogens is 600 g/mol. The number of ether oxygens (including phenoxy) is 7. The molecule has 2 N–H and O–H groups in total. The molecule has 0 amide bonds. The van der Waals surface area contributed by atoms with Gasteiger partial charge in [-0.25, -0.2) is 14.4 Å². The molecule has 0 saturated carbocycles. The molecular formula is C34H34O12. The van der Waals surface area contributed by atoms with E-state index in [2.05, 4.69) is 6.58 Å². The lowest BCUT2D eigenvalue weighted by atomic mass is 10.0. The monoisotopic (exact) mass is 634 g/mol. The molecule has 2 aliphatic rings. The van der Waals surface area contributed by atoms with Crippen molar-refractivity contribution in [3.05, 3.63) is 120 Å². The number of aliphatic hydroxyl groups excluding tert-OH is 2. The van der Waals surface area contributed by atoms with Crippen molar-refractivity contribution in [2.45, 2.75) is 49.2 Å². The van der Waals surface area contributed by atoms with Crippen molar-refractivity contribution < 1.29 is 57.8 Å². The summed E-state index contributed by atoms with van der Waals surface area (Å²) in [6, 6.07) is 24.4. The molecule has 5 rings (SSSR count). The summed E-state index contributed by atoms with van der Waals surface area (Å²) in [5, 5.41) is 21.2. The molecule has 0 bridgehead atoms. The van der Waals surface area contributed by atoms with Gasteiger partial charge < -0.3 is 43.4 Å². The first kappa shape index (κ1) is 32.9. The van der Waals surface area contributed by atoms with Gasteiger partial charge >= 0.3 is 17.9 Å². The predicted octanol–water partition coefficient (Wildman–Crippen LogP) is 2.69. The molecule has 0 radical (unpaired) electrons. The van der Waals surface area contributed by atoms with Crippen molar-refractivity contribution in [3.8, 4) is 0 Å². The topological polar surface area (TPSA) is 156 Å². The van der Waals surface area contributed by atoms with Crippen LogP contribution in [0.5, 0.6) is 0 Å². The maximum absolute atomic E-state index is 13.3. The quantitative estimate of drug-likeness (QED) is 0.171. The van der Waals surface area contributed by atoms with Crippen LogP contribution >= 0.6 is 0 Å². The molecule has 0 spiro atoms. The zero-order valence-electron chi connectivity index (χ0n) is 24.7. The lowest BCUT2D eigenvalue weighted by molar-refractivity contribution is -0.315. The van der Waals surface area contributed by atoms with Crippen LogP contribution in [0.3, 0.4) is 0 Å². The molecule has 46 heavy (non-hydrogen) atoms. The summed E-state index contributed by atoms with van der Waals surface area (Å²) in [5.74, 6) is -2.22. The minimum absolute atomic E-state index is 0.0284. The van der Waals surface area contributed by atoms with Gasteiger partial charge in [-0.1, -0.05) is 60.7 Å². The van der Waals surface area contributed by atoms with Crippen LogP contribution in [0.4, 0.5) is 0 Å². The summed E-state index contributed by atoms with van der Waals surface area (Å²) in [4.78, 5) is 39.4. The van der Waals surface area contributed by atoms with Gasteiger partial charge in [0.05, 0.1) is 29.9 Å². The van der Waals surface area contributed by atoms with E-state index < -0.39 is 73.7 Å². The number of carbonyl (C=O) groups is 3.